The van der Waals surface area contributed by atoms with Gasteiger partial charge in [0.25, 0.3) is 5.91 Å². The summed E-state index contributed by atoms with van der Waals surface area (Å²) in [5, 5.41) is 2.63. The van der Waals surface area contributed by atoms with E-state index in [0.717, 1.165) is 0 Å². The molecule has 0 saturated heterocycles. The van der Waals surface area contributed by atoms with Gasteiger partial charge in [0, 0.05) is 5.69 Å². The van der Waals surface area contributed by atoms with Crippen LogP contribution in [0.3, 0.4) is 0 Å². The lowest BCUT2D eigenvalue weighted by Gasteiger charge is -2.10. The largest absolute Gasteiger partial charge is 0.493 e. The summed E-state index contributed by atoms with van der Waals surface area (Å²) in [6, 6.07) is 13.6. The molecule has 0 atom stereocenters. The van der Waals surface area contributed by atoms with Gasteiger partial charge in [0.1, 0.15) is 0 Å². The number of benzene rings is 2. The van der Waals surface area contributed by atoms with Gasteiger partial charge < -0.3 is 19.5 Å². The third kappa shape index (κ3) is 4.47. The van der Waals surface area contributed by atoms with Gasteiger partial charge in [0.05, 0.1) is 19.8 Å². The number of carbonyl (C=O) groups is 2. The maximum atomic E-state index is 12.0. The molecule has 0 aliphatic rings. The molecule has 6 heteroatoms. The van der Waals surface area contributed by atoms with Crippen LogP contribution in [0, 0.1) is 0 Å². The zero-order chi connectivity index (χ0) is 16.7. The summed E-state index contributed by atoms with van der Waals surface area (Å²) in [6.07, 6.45) is 0. The van der Waals surface area contributed by atoms with E-state index in [1.165, 1.54) is 20.3 Å². The molecular formula is C17H17NO5. The minimum atomic E-state index is -0.617. The van der Waals surface area contributed by atoms with Crippen molar-refractivity contribution in [1.82, 2.24) is 0 Å². The number of anilines is 1. The average Bonchev–Trinajstić information content (AvgIpc) is 2.59. The Labute approximate surface area is 134 Å². The molecule has 6 nitrogen and oxygen atoms in total. The fourth-order valence-electron chi connectivity index (χ4n) is 1.90. The van der Waals surface area contributed by atoms with E-state index in [9.17, 15) is 9.59 Å². The molecule has 23 heavy (non-hydrogen) atoms. The van der Waals surface area contributed by atoms with Gasteiger partial charge in [-0.2, -0.15) is 0 Å². The first-order valence-corrected chi connectivity index (χ1v) is 6.88. The zero-order valence-corrected chi connectivity index (χ0v) is 12.9. The summed E-state index contributed by atoms with van der Waals surface area (Å²) in [4.78, 5) is 23.7. The Hall–Kier alpha value is -3.02. The Bertz CT molecular complexity index is 685. The highest BCUT2D eigenvalue weighted by molar-refractivity contribution is 5.95. The fraction of sp³-hybridized carbons (Fsp3) is 0.176. The molecule has 0 unspecified atom stereocenters. The van der Waals surface area contributed by atoms with Gasteiger partial charge in [-0.3, -0.25) is 4.79 Å². The number of rotatable bonds is 6. The van der Waals surface area contributed by atoms with Crippen LogP contribution in [0.2, 0.25) is 0 Å². The lowest BCUT2D eigenvalue weighted by molar-refractivity contribution is -0.119. The second-order valence-corrected chi connectivity index (χ2v) is 4.56. The Kier molecular flexibility index (Phi) is 5.57. The summed E-state index contributed by atoms with van der Waals surface area (Å²) in [5.74, 6) is -0.110. The Balaban J connectivity index is 1.93. The molecule has 0 heterocycles. The van der Waals surface area contributed by atoms with E-state index >= 15 is 0 Å². The standard InChI is InChI=1S/C17H17NO5/c1-21-14-9-8-12(10-15(14)22-2)17(20)23-11-16(19)18-13-6-4-3-5-7-13/h3-10H,11H2,1-2H3,(H,18,19). The van der Waals surface area contributed by atoms with Crippen LogP contribution in [0.4, 0.5) is 5.69 Å². The maximum absolute atomic E-state index is 12.0. The number of carbonyl (C=O) groups excluding carboxylic acids is 2. The molecule has 0 aromatic heterocycles. The van der Waals surface area contributed by atoms with E-state index in [0.29, 0.717) is 17.2 Å². The highest BCUT2D eigenvalue weighted by Crippen LogP contribution is 2.27. The lowest BCUT2D eigenvalue weighted by Crippen LogP contribution is -2.20. The average molecular weight is 315 g/mol. The molecule has 2 rings (SSSR count). The summed E-state index contributed by atoms with van der Waals surface area (Å²) < 4.78 is 15.2. The molecule has 120 valence electrons. The molecular weight excluding hydrogens is 298 g/mol. The maximum Gasteiger partial charge on any atom is 0.338 e. The van der Waals surface area contributed by atoms with Crippen molar-refractivity contribution in [2.75, 3.05) is 26.1 Å². The second-order valence-electron chi connectivity index (χ2n) is 4.56. The summed E-state index contributed by atoms with van der Waals surface area (Å²) in [6.45, 7) is -0.373. The van der Waals surface area contributed by atoms with Gasteiger partial charge in [-0.15, -0.1) is 0 Å². The van der Waals surface area contributed by atoms with E-state index in [1.807, 2.05) is 6.07 Å². The van der Waals surface area contributed by atoms with Gasteiger partial charge in [-0.05, 0) is 30.3 Å². The third-order valence-electron chi connectivity index (χ3n) is 3.01. The number of amides is 1. The SMILES string of the molecule is COc1ccc(C(=O)OCC(=O)Nc2ccccc2)cc1OC. The van der Waals surface area contributed by atoms with Crippen LogP contribution >= 0.6 is 0 Å². The van der Waals surface area contributed by atoms with Crippen molar-refractivity contribution in [1.29, 1.82) is 0 Å². The molecule has 0 spiro atoms. The van der Waals surface area contributed by atoms with Crippen LogP contribution in [0.1, 0.15) is 10.4 Å². The molecule has 1 amide bonds. The number of hydrogen-bond donors (Lipinski definition) is 1. The van der Waals surface area contributed by atoms with Crippen LogP contribution in [-0.4, -0.2) is 32.7 Å². The lowest BCUT2D eigenvalue weighted by atomic mass is 10.2. The molecule has 1 N–H and O–H groups in total. The van der Waals surface area contributed by atoms with Crippen molar-refractivity contribution in [3.8, 4) is 11.5 Å². The smallest absolute Gasteiger partial charge is 0.338 e. The Morgan fingerprint density at radius 3 is 2.30 bits per heavy atom. The van der Waals surface area contributed by atoms with Crippen molar-refractivity contribution in [3.05, 3.63) is 54.1 Å². The fourth-order valence-corrected chi connectivity index (χ4v) is 1.90. The van der Waals surface area contributed by atoms with Crippen LogP contribution in [0.5, 0.6) is 11.5 Å². The van der Waals surface area contributed by atoms with Crippen molar-refractivity contribution < 1.29 is 23.8 Å². The first kappa shape index (κ1) is 16.4. The third-order valence-corrected chi connectivity index (χ3v) is 3.01. The predicted molar refractivity (Wildman–Crippen MR) is 84.9 cm³/mol. The van der Waals surface area contributed by atoms with Crippen molar-refractivity contribution >= 4 is 17.6 Å². The first-order chi connectivity index (χ1) is 11.1. The number of para-hydroxylation sites is 1. The molecule has 0 saturated carbocycles. The van der Waals surface area contributed by atoms with Crippen molar-refractivity contribution in [2.24, 2.45) is 0 Å². The van der Waals surface area contributed by atoms with Crippen LogP contribution in [0.25, 0.3) is 0 Å². The van der Waals surface area contributed by atoms with E-state index < -0.39 is 11.9 Å². The molecule has 2 aromatic rings. The predicted octanol–water partition coefficient (Wildman–Crippen LogP) is 2.50. The minimum Gasteiger partial charge on any atom is -0.493 e. The van der Waals surface area contributed by atoms with Gasteiger partial charge in [-0.1, -0.05) is 18.2 Å². The summed E-state index contributed by atoms with van der Waals surface area (Å²) >= 11 is 0. The molecule has 0 aliphatic heterocycles. The van der Waals surface area contributed by atoms with Crippen LogP contribution < -0.4 is 14.8 Å². The highest BCUT2D eigenvalue weighted by Gasteiger charge is 2.13. The normalized spacial score (nSPS) is 9.83. The number of ether oxygens (including phenoxy) is 3. The van der Waals surface area contributed by atoms with E-state index in [-0.39, 0.29) is 12.2 Å². The Morgan fingerprint density at radius 2 is 1.65 bits per heavy atom. The molecule has 0 radical (unpaired) electrons. The molecule has 0 fully saturated rings. The number of methoxy groups -OCH3 is 2. The molecule has 2 aromatic carbocycles. The monoisotopic (exact) mass is 315 g/mol. The topological polar surface area (TPSA) is 73.9 Å². The highest BCUT2D eigenvalue weighted by atomic mass is 16.5. The summed E-state index contributed by atoms with van der Waals surface area (Å²) in [7, 11) is 2.98. The van der Waals surface area contributed by atoms with Crippen LogP contribution in [-0.2, 0) is 9.53 Å². The van der Waals surface area contributed by atoms with Gasteiger partial charge in [-0.25, -0.2) is 4.79 Å². The van der Waals surface area contributed by atoms with E-state index in [1.54, 1.807) is 36.4 Å². The number of nitrogens with one attached hydrogen (secondary N) is 1. The van der Waals surface area contributed by atoms with Crippen molar-refractivity contribution in [2.45, 2.75) is 0 Å². The second kappa shape index (κ2) is 7.84. The molecule has 0 aliphatic carbocycles. The van der Waals surface area contributed by atoms with Gasteiger partial charge >= 0.3 is 5.97 Å². The Morgan fingerprint density at radius 1 is 0.957 bits per heavy atom. The summed E-state index contributed by atoms with van der Waals surface area (Å²) in [5.41, 5.74) is 0.912. The van der Waals surface area contributed by atoms with Gasteiger partial charge in [0.2, 0.25) is 0 Å². The van der Waals surface area contributed by atoms with E-state index in [4.69, 9.17) is 14.2 Å². The van der Waals surface area contributed by atoms with Gasteiger partial charge in [0.15, 0.2) is 18.1 Å². The first-order valence-electron chi connectivity index (χ1n) is 6.88. The zero-order valence-electron chi connectivity index (χ0n) is 12.9. The minimum absolute atomic E-state index is 0.273. The number of esters is 1. The quantitative estimate of drug-likeness (QED) is 0.829. The molecule has 0 bridgehead atoms. The number of hydrogen-bond acceptors (Lipinski definition) is 5. The van der Waals surface area contributed by atoms with E-state index in [2.05, 4.69) is 5.32 Å². The van der Waals surface area contributed by atoms with Crippen molar-refractivity contribution in [3.63, 3.8) is 0 Å². The van der Waals surface area contributed by atoms with Crippen LogP contribution in [0.15, 0.2) is 48.5 Å².